The van der Waals surface area contributed by atoms with Gasteiger partial charge in [-0.2, -0.15) is 5.26 Å². The Labute approximate surface area is 55.9 Å². The standard InChI is InChI=1S/C3H7NO.C3H5N/c1-4(2)3-5;1-2-3-4/h3H,1-2H3;2H2,1H3. The molecule has 0 aromatic rings. The van der Waals surface area contributed by atoms with Gasteiger partial charge in [-0.25, -0.2) is 0 Å². The molecular weight excluding hydrogens is 116 g/mol. The number of carbonyl (C=O) groups excluding carboxylic acids is 1. The summed E-state index contributed by atoms with van der Waals surface area (Å²) < 4.78 is 0. The molecule has 0 fully saturated rings. The molecule has 0 radical (unpaired) electrons. The Morgan fingerprint density at radius 3 is 1.89 bits per heavy atom. The minimum Gasteiger partial charge on any atom is -0.351 e. The van der Waals surface area contributed by atoms with Crippen molar-refractivity contribution in [3.8, 4) is 6.07 Å². The van der Waals surface area contributed by atoms with Crippen LogP contribution in [0.5, 0.6) is 0 Å². The van der Waals surface area contributed by atoms with Crippen molar-refractivity contribution in [3.05, 3.63) is 0 Å². The maximum atomic E-state index is 9.43. The Balaban J connectivity index is 0. The summed E-state index contributed by atoms with van der Waals surface area (Å²) in [5.74, 6) is 0. The Morgan fingerprint density at radius 1 is 1.67 bits per heavy atom. The number of hydrogen-bond donors (Lipinski definition) is 0. The molecule has 52 valence electrons. The highest BCUT2D eigenvalue weighted by molar-refractivity contribution is 5.45. The van der Waals surface area contributed by atoms with Gasteiger partial charge in [0.05, 0.1) is 6.07 Å². The van der Waals surface area contributed by atoms with Crippen LogP contribution in [-0.4, -0.2) is 25.4 Å². The molecule has 0 aliphatic carbocycles. The van der Waals surface area contributed by atoms with Gasteiger partial charge in [0.2, 0.25) is 6.41 Å². The van der Waals surface area contributed by atoms with E-state index < -0.39 is 0 Å². The van der Waals surface area contributed by atoms with E-state index in [0.29, 0.717) is 6.42 Å². The summed E-state index contributed by atoms with van der Waals surface area (Å²) in [4.78, 5) is 10.9. The summed E-state index contributed by atoms with van der Waals surface area (Å²) in [6.45, 7) is 1.82. The third-order valence-electron chi connectivity index (χ3n) is 0.369. The van der Waals surface area contributed by atoms with Crippen molar-refractivity contribution in [2.75, 3.05) is 14.1 Å². The van der Waals surface area contributed by atoms with E-state index in [1.165, 1.54) is 4.90 Å². The normalized spacial score (nSPS) is 6.00. The summed E-state index contributed by atoms with van der Waals surface area (Å²) in [7, 11) is 3.38. The lowest BCUT2D eigenvalue weighted by atomic mass is 10.6. The van der Waals surface area contributed by atoms with E-state index in [9.17, 15) is 4.79 Å². The molecule has 0 aliphatic heterocycles. The fourth-order valence-electron chi connectivity index (χ4n) is 0. The monoisotopic (exact) mass is 128 g/mol. The van der Waals surface area contributed by atoms with Crippen LogP contribution >= 0.6 is 0 Å². The molecule has 0 bridgehead atoms. The van der Waals surface area contributed by atoms with Gasteiger partial charge in [-0.05, 0) is 0 Å². The first kappa shape index (κ1) is 10.9. The van der Waals surface area contributed by atoms with Crippen LogP contribution < -0.4 is 0 Å². The Morgan fingerprint density at radius 2 is 1.89 bits per heavy atom. The molecule has 0 spiro atoms. The van der Waals surface area contributed by atoms with Gasteiger partial charge in [-0.1, -0.05) is 6.92 Å². The first-order valence-corrected chi connectivity index (χ1v) is 2.67. The second kappa shape index (κ2) is 10.0. The second-order valence-corrected chi connectivity index (χ2v) is 1.58. The van der Waals surface area contributed by atoms with E-state index >= 15 is 0 Å². The summed E-state index contributed by atoms with van der Waals surface area (Å²) in [6.07, 6.45) is 1.38. The maximum absolute atomic E-state index is 9.43. The molecule has 0 aliphatic rings. The topological polar surface area (TPSA) is 44.1 Å². The summed E-state index contributed by atoms with van der Waals surface area (Å²) in [5, 5.41) is 7.62. The number of rotatable bonds is 1. The van der Waals surface area contributed by atoms with Gasteiger partial charge >= 0.3 is 0 Å². The third-order valence-corrected chi connectivity index (χ3v) is 0.369. The van der Waals surface area contributed by atoms with Gasteiger partial charge in [0.25, 0.3) is 0 Å². The Kier molecular flexibility index (Phi) is 12.1. The summed E-state index contributed by atoms with van der Waals surface area (Å²) in [5.41, 5.74) is 0. The molecule has 9 heavy (non-hydrogen) atoms. The molecule has 3 nitrogen and oxygen atoms in total. The quantitative estimate of drug-likeness (QED) is 0.486. The van der Waals surface area contributed by atoms with E-state index in [4.69, 9.17) is 5.26 Å². The van der Waals surface area contributed by atoms with Crippen molar-refractivity contribution in [2.24, 2.45) is 0 Å². The van der Waals surface area contributed by atoms with Gasteiger partial charge in [0.15, 0.2) is 0 Å². The van der Waals surface area contributed by atoms with Crippen molar-refractivity contribution in [1.29, 1.82) is 5.26 Å². The average molecular weight is 128 g/mol. The van der Waals surface area contributed by atoms with Crippen LogP contribution in [0.2, 0.25) is 0 Å². The van der Waals surface area contributed by atoms with Gasteiger partial charge in [0.1, 0.15) is 0 Å². The van der Waals surface area contributed by atoms with Crippen molar-refractivity contribution in [1.82, 2.24) is 4.90 Å². The van der Waals surface area contributed by atoms with Gasteiger partial charge in [0, 0.05) is 20.5 Å². The molecular formula is C6H12N2O. The van der Waals surface area contributed by atoms with Crippen LogP contribution in [0, 0.1) is 11.3 Å². The predicted molar refractivity (Wildman–Crippen MR) is 35.7 cm³/mol. The minimum atomic E-state index is 0.625. The Bertz CT molecular complexity index is 93.7. The lowest BCUT2D eigenvalue weighted by molar-refractivity contribution is -0.115. The van der Waals surface area contributed by atoms with Gasteiger partial charge in [-0.3, -0.25) is 4.79 Å². The van der Waals surface area contributed by atoms with Crippen LogP contribution in [0.25, 0.3) is 0 Å². The molecule has 0 atom stereocenters. The fourth-order valence-corrected chi connectivity index (χ4v) is 0. The predicted octanol–water partition coefficient (Wildman–Crippen LogP) is 0.624. The van der Waals surface area contributed by atoms with E-state index in [2.05, 4.69) is 0 Å². The molecule has 0 aromatic heterocycles. The maximum Gasteiger partial charge on any atom is 0.209 e. The molecule has 0 aromatic carbocycles. The van der Waals surface area contributed by atoms with Crippen molar-refractivity contribution in [3.63, 3.8) is 0 Å². The smallest absolute Gasteiger partial charge is 0.209 e. The third kappa shape index (κ3) is 44.6. The van der Waals surface area contributed by atoms with Gasteiger partial charge in [-0.15, -0.1) is 0 Å². The first-order valence-electron chi connectivity index (χ1n) is 2.67. The van der Waals surface area contributed by atoms with Crippen LogP contribution in [0.15, 0.2) is 0 Å². The summed E-state index contributed by atoms with van der Waals surface area (Å²) >= 11 is 0. The number of amides is 1. The zero-order chi connectivity index (χ0) is 7.70. The zero-order valence-electron chi connectivity index (χ0n) is 6.09. The highest BCUT2D eigenvalue weighted by atomic mass is 16.1. The van der Waals surface area contributed by atoms with Crippen molar-refractivity contribution < 1.29 is 4.79 Å². The highest BCUT2D eigenvalue weighted by Gasteiger charge is 1.68. The SMILES string of the molecule is CCC#N.CN(C)C=O. The molecule has 0 unspecified atom stereocenters. The lowest BCUT2D eigenvalue weighted by Crippen LogP contribution is -2.06. The molecule has 3 heteroatoms. The van der Waals surface area contributed by atoms with E-state index in [1.807, 2.05) is 13.0 Å². The van der Waals surface area contributed by atoms with E-state index in [1.54, 1.807) is 14.1 Å². The molecule has 1 amide bonds. The van der Waals surface area contributed by atoms with Crippen LogP contribution in [-0.2, 0) is 4.79 Å². The molecule has 0 N–H and O–H groups in total. The van der Waals surface area contributed by atoms with E-state index in [0.717, 1.165) is 6.41 Å². The zero-order valence-corrected chi connectivity index (χ0v) is 6.09. The number of nitrogens with zero attached hydrogens (tertiary/aromatic N) is 2. The van der Waals surface area contributed by atoms with Gasteiger partial charge < -0.3 is 4.90 Å². The average Bonchev–Trinajstić information content (AvgIpc) is 1.89. The highest BCUT2D eigenvalue weighted by Crippen LogP contribution is 1.58. The van der Waals surface area contributed by atoms with Crippen molar-refractivity contribution in [2.45, 2.75) is 13.3 Å². The first-order chi connectivity index (χ1) is 4.18. The second-order valence-electron chi connectivity index (χ2n) is 1.58. The number of carbonyl (C=O) groups is 1. The summed E-state index contributed by atoms with van der Waals surface area (Å²) in [6, 6.07) is 1.93. The van der Waals surface area contributed by atoms with Crippen molar-refractivity contribution >= 4 is 6.41 Å². The fraction of sp³-hybridized carbons (Fsp3) is 0.667. The van der Waals surface area contributed by atoms with Crippen LogP contribution in [0.1, 0.15) is 13.3 Å². The molecule has 0 heterocycles. The molecule has 0 rings (SSSR count). The van der Waals surface area contributed by atoms with E-state index in [-0.39, 0.29) is 0 Å². The number of hydrogen-bond acceptors (Lipinski definition) is 2. The minimum absolute atomic E-state index is 0.625. The van der Waals surface area contributed by atoms with Crippen LogP contribution in [0.3, 0.4) is 0 Å². The molecule has 0 saturated carbocycles. The largest absolute Gasteiger partial charge is 0.351 e. The Hall–Kier alpha value is -1.04. The lowest BCUT2D eigenvalue weighted by Gasteiger charge is -1.93. The molecule has 0 saturated heterocycles. The number of nitriles is 1. The van der Waals surface area contributed by atoms with Crippen LogP contribution in [0.4, 0.5) is 0 Å².